The average Bonchev–Trinajstić information content (AvgIpc) is 2.66. The minimum absolute atomic E-state index is 0.0563. The van der Waals surface area contributed by atoms with Gasteiger partial charge in [0, 0.05) is 17.8 Å². The van der Waals surface area contributed by atoms with E-state index in [2.05, 4.69) is 44.5 Å². The van der Waals surface area contributed by atoms with E-state index >= 15 is 0 Å². The zero-order valence-corrected chi connectivity index (χ0v) is 19.9. The molecule has 0 saturated heterocycles. The molecule has 10 heteroatoms. The molecule has 2 aromatic rings. The molecule has 0 radical (unpaired) electrons. The number of carbonyl (C=O) groups is 2. The SMILES string of the molecule is CC(C)(C)[Si](C)(C)Oc1ccc(NC(=O)CNC(=O)c2cc([N+](=O)[O-])ccc2Cl)cc1. The molecule has 0 aliphatic heterocycles. The third-order valence-corrected chi connectivity index (χ3v) is 9.82. The van der Waals surface area contributed by atoms with Crippen molar-refractivity contribution in [2.45, 2.75) is 38.9 Å². The Labute approximate surface area is 187 Å². The predicted molar refractivity (Wildman–Crippen MR) is 123 cm³/mol. The highest BCUT2D eigenvalue weighted by molar-refractivity contribution is 6.74. The number of anilines is 1. The van der Waals surface area contributed by atoms with E-state index in [0.29, 0.717) is 5.69 Å². The molecule has 2 N–H and O–H groups in total. The van der Waals surface area contributed by atoms with Crippen molar-refractivity contribution in [2.75, 3.05) is 11.9 Å². The summed E-state index contributed by atoms with van der Waals surface area (Å²) < 4.78 is 6.20. The molecule has 166 valence electrons. The van der Waals surface area contributed by atoms with Crippen LogP contribution in [0.1, 0.15) is 31.1 Å². The summed E-state index contributed by atoms with van der Waals surface area (Å²) in [5.41, 5.74) is 0.213. The Morgan fingerprint density at radius 3 is 2.29 bits per heavy atom. The van der Waals surface area contributed by atoms with E-state index in [9.17, 15) is 19.7 Å². The number of carbonyl (C=O) groups excluding carboxylic acids is 2. The van der Waals surface area contributed by atoms with Crippen molar-refractivity contribution >= 4 is 43.1 Å². The van der Waals surface area contributed by atoms with Gasteiger partial charge in [-0.15, -0.1) is 0 Å². The van der Waals surface area contributed by atoms with Crippen molar-refractivity contribution in [2.24, 2.45) is 0 Å². The molecule has 2 aromatic carbocycles. The number of halogens is 1. The molecule has 0 atom stereocenters. The van der Waals surface area contributed by atoms with Crippen LogP contribution in [0.3, 0.4) is 0 Å². The van der Waals surface area contributed by atoms with Crippen LogP contribution >= 0.6 is 11.6 Å². The van der Waals surface area contributed by atoms with Gasteiger partial charge in [0.15, 0.2) is 0 Å². The van der Waals surface area contributed by atoms with Gasteiger partial charge in [0.05, 0.1) is 22.1 Å². The molecule has 0 spiro atoms. The lowest BCUT2D eigenvalue weighted by atomic mass is 10.2. The number of nitro groups is 1. The third kappa shape index (κ3) is 6.53. The number of amides is 2. The van der Waals surface area contributed by atoms with E-state index in [0.717, 1.165) is 11.8 Å². The number of nitrogens with one attached hydrogen (secondary N) is 2. The van der Waals surface area contributed by atoms with Crippen molar-refractivity contribution in [3.63, 3.8) is 0 Å². The smallest absolute Gasteiger partial charge is 0.270 e. The Hall–Kier alpha value is -2.91. The summed E-state index contributed by atoms with van der Waals surface area (Å²) in [6.45, 7) is 10.5. The molecule has 0 aliphatic rings. The molecule has 0 fully saturated rings. The first-order chi connectivity index (χ1) is 14.3. The van der Waals surface area contributed by atoms with Crippen LogP contribution in [0.25, 0.3) is 0 Å². The number of benzene rings is 2. The average molecular weight is 464 g/mol. The van der Waals surface area contributed by atoms with E-state index in [1.165, 1.54) is 12.1 Å². The summed E-state index contributed by atoms with van der Waals surface area (Å²) in [5.74, 6) is -0.395. The second kappa shape index (κ2) is 9.48. The molecule has 0 bridgehead atoms. The maximum absolute atomic E-state index is 12.2. The van der Waals surface area contributed by atoms with E-state index < -0.39 is 25.1 Å². The summed E-state index contributed by atoms with van der Waals surface area (Å²) >= 11 is 5.94. The largest absolute Gasteiger partial charge is 0.544 e. The molecular weight excluding hydrogens is 438 g/mol. The zero-order valence-electron chi connectivity index (χ0n) is 18.1. The number of hydrogen-bond donors (Lipinski definition) is 2. The van der Waals surface area contributed by atoms with Crippen LogP contribution in [-0.2, 0) is 4.79 Å². The fourth-order valence-electron chi connectivity index (χ4n) is 2.32. The normalized spacial score (nSPS) is 11.5. The van der Waals surface area contributed by atoms with Gasteiger partial charge in [-0.25, -0.2) is 0 Å². The van der Waals surface area contributed by atoms with Gasteiger partial charge in [-0.1, -0.05) is 32.4 Å². The Bertz CT molecular complexity index is 987. The Kier molecular flexibility index (Phi) is 7.45. The molecular formula is C21H26ClN3O5Si. The molecule has 0 heterocycles. The van der Waals surface area contributed by atoms with Gasteiger partial charge in [-0.05, 0) is 48.5 Å². The lowest BCUT2D eigenvalue weighted by Crippen LogP contribution is -2.43. The van der Waals surface area contributed by atoms with Gasteiger partial charge >= 0.3 is 0 Å². The lowest BCUT2D eigenvalue weighted by Gasteiger charge is -2.36. The predicted octanol–water partition coefficient (Wildman–Crippen LogP) is 5.00. The number of non-ortho nitro benzene ring substituents is 1. The second-order valence-corrected chi connectivity index (χ2v) is 13.7. The number of rotatable bonds is 7. The first-order valence-electron chi connectivity index (χ1n) is 9.61. The van der Waals surface area contributed by atoms with Crippen molar-refractivity contribution in [1.29, 1.82) is 0 Å². The van der Waals surface area contributed by atoms with Crippen LogP contribution in [0.5, 0.6) is 5.75 Å². The van der Waals surface area contributed by atoms with Gasteiger partial charge in [0.25, 0.3) is 11.6 Å². The molecule has 0 aliphatic carbocycles. The summed E-state index contributed by atoms with van der Waals surface area (Å²) in [5, 5.41) is 16.1. The van der Waals surface area contributed by atoms with Crippen molar-refractivity contribution in [1.82, 2.24) is 5.32 Å². The van der Waals surface area contributed by atoms with Gasteiger partial charge in [-0.3, -0.25) is 19.7 Å². The van der Waals surface area contributed by atoms with Crippen LogP contribution in [0.2, 0.25) is 23.2 Å². The first-order valence-corrected chi connectivity index (χ1v) is 12.9. The van der Waals surface area contributed by atoms with Crippen LogP contribution in [0.15, 0.2) is 42.5 Å². The fraction of sp³-hybridized carbons (Fsp3) is 0.333. The van der Waals surface area contributed by atoms with Gasteiger partial charge in [0.2, 0.25) is 14.2 Å². The Morgan fingerprint density at radius 2 is 1.74 bits per heavy atom. The van der Waals surface area contributed by atoms with Crippen LogP contribution in [0.4, 0.5) is 11.4 Å². The van der Waals surface area contributed by atoms with Crippen molar-refractivity contribution < 1.29 is 18.9 Å². The quantitative estimate of drug-likeness (QED) is 0.341. The summed E-state index contributed by atoms with van der Waals surface area (Å²) in [6, 6.07) is 10.6. The number of nitrogens with zero attached hydrogens (tertiary/aromatic N) is 1. The molecule has 0 unspecified atom stereocenters. The monoisotopic (exact) mass is 463 g/mol. The molecule has 2 rings (SSSR count). The van der Waals surface area contributed by atoms with Gasteiger partial charge in [0.1, 0.15) is 5.75 Å². The Balaban J connectivity index is 1.94. The van der Waals surface area contributed by atoms with Gasteiger partial charge < -0.3 is 15.1 Å². The third-order valence-electron chi connectivity index (χ3n) is 5.13. The van der Waals surface area contributed by atoms with Gasteiger partial charge in [-0.2, -0.15) is 0 Å². The lowest BCUT2D eigenvalue weighted by molar-refractivity contribution is -0.384. The highest BCUT2D eigenvalue weighted by Gasteiger charge is 2.38. The van der Waals surface area contributed by atoms with E-state index in [4.69, 9.17) is 16.0 Å². The minimum Gasteiger partial charge on any atom is -0.544 e. The van der Waals surface area contributed by atoms with Crippen LogP contribution in [-0.4, -0.2) is 31.6 Å². The topological polar surface area (TPSA) is 111 Å². The highest BCUT2D eigenvalue weighted by atomic mass is 35.5. The standard InChI is InChI=1S/C21H26ClN3O5Si/c1-21(2,3)31(4,5)30-16-9-6-14(7-10-16)24-19(26)13-23-20(27)17-12-15(25(28)29)8-11-18(17)22/h6-12H,13H2,1-5H3,(H,23,27)(H,24,26). The molecule has 0 saturated carbocycles. The molecule has 0 aromatic heterocycles. The number of hydrogen-bond acceptors (Lipinski definition) is 5. The van der Waals surface area contributed by atoms with E-state index in [-0.39, 0.29) is 27.9 Å². The van der Waals surface area contributed by atoms with Crippen molar-refractivity contribution in [3.8, 4) is 5.75 Å². The second-order valence-electron chi connectivity index (χ2n) is 8.54. The zero-order chi connectivity index (χ0) is 23.4. The van der Waals surface area contributed by atoms with E-state index in [1.54, 1.807) is 24.3 Å². The van der Waals surface area contributed by atoms with E-state index in [1.807, 2.05) is 0 Å². The molecule has 31 heavy (non-hydrogen) atoms. The van der Waals surface area contributed by atoms with Crippen LogP contribution < -0.4 is 15.1 Å². The summed E-state index contributed by atoms with van der Waals surface area (Å²) in [4.78, 5) is 34.6. The number of nitro benzene ring substituents is 1. The van der Waals surface area contributed by atoms with Crippen molar-refractivity contribution in [3.05, 3.63) is 63.2 Å². The summed E-state index contributed by atoms with van der Waals surface area (Å²) in [6.07, 6.45) is 0. The summed E-state index contributed by atoms with van der Waals surface area (Å²) in [7, 11) is -1.96. The maximum Gasteiger partial charge on any atom is 0.270 e. The van der Waals surface area contributed by atoms with Crippen LogP contribution in [0, 0.1) is 10.1 Å². The Morgan fingerprint density at radius 1 is 1.13 bits per heavy atom. The highest BCUT2D eigenvalue weighted by Crippen LogP contribution is 2.37. The maximum atomic E-state index is 12.2. The molecule has 2 amide bonds. The fourth-order valence-corrected chi connectivity index (χ4v) is 3.55. The minimum atomic E-state index is -1.96. The first kappa shape index (κ1) is 24.4. The molecule has 8 nitrogen and oxygen atoms in total.